The molecular weight excluding hydrogens is 206 g/mol. The van der Waals surface area contributed by atoms with Crippen LogP contribution in [0.5, 0.6) is 0 Å². The van der Waals surface area contributed by atoms with Crippen molar-refractivity contribution in [2.75, 3.05) is 6.61 Å². The first-order chi connectivity index (χ1) is 7.66. The molecule has 1 saturated heterocycles. The van der Waals surface area contributed by atoms with E-state index in [1.54, 1.807) is 0 Å². The summed E-state index contributed by atoms with van der Waals surface area (Å²) in [5.41, 5.74) is 0. The molecule has 0 aromatic heterocycles. The molecule has 2 rings (SSSR count). The number of nitrogens with zero attached hydrogens (tertiary/aromatic N) is 1. The molecule has 16 heavy (non-hydrogen) atoms. The molecule has 1 fully saturated rings. The third-order valence-electron chi connectivity index (χ3n) is 3.53. The molecule has 1 unspecified atom stereocenters. The molecule has 0 saturated carbocycles. The van der Waals surface area contributed by atoms with Gasteiger partial charge in [-0.25, -0.2) is 0 Å². The van der Waals surface area contributed by atoms with Crippen LogP contribution < -0.4 is 0 Å². The third kappa shape index (κ3) is 1.67. The fourth-order valence-electron chi connectivity index (χ4n) is 2.58. The molecule has 0 bridgehead atoms. The number of rotatable bonds is 3. The van der Waals surface area contributed by atoms with Gasteiger partial charge < -0.3 is 5.11 Å². The van der Waals surface area contributed by atoms with Crippen LogP contribution in [0.1, 0.15) is 26.2 Å². The molecule has 3 atom stereocenters. The predicted molar refractivity (Wildman–Crippen MR) is 58.4 cm³/mol. The molecule has 4 nitrogen and oxygen atoms in total. The Hall–Kier alpha value is -1.16. The summed E-state index contributed by atoms with van der Waals surface area (Å²) >= 11 is 0. The van der Waals surface area contributed by atoms with Crippen molar-refractivity contribution in [3.8, 4) is 0 Å². The Morgan fingerprint density at radius 2 is 1.81 bits per heavy atom. The summed E-state index contributed by atoms with van der Waals surface area (Å²) in [7, 11) is 0. The van der Waals surface area contributed by atoms with Crippen LogP contribution in [0.3, 0.4) is 0 Å². The monoisotopic (exact) mass is 223 g/mol. The molecule has 1 N–H and O–H groups in total. The van der Waals surface area contributed by atoms with Crippen LogP contribution in [-0.4, -0.2) is 34.5 Å². The molecule has 1 heterocycles. The Kier molecular flexibility index (Phi) is 3.10. The van der Waals surface area contributed by atoms with Crippen molar-refractivity contribution < 1.29 is 14.7 Å². The minimum Gasteiger partial charge on any atom is -0.396 e. The van der Waals surface area contributed by atoms with Gasteiger partial charge in [-0.15, -0.1) is 0 Å². The Balaban J connectivity index is 2.17. The maximum Gasteiger partial charge on any atom is 0.233 e. The largest absolute Gasteiger partial charge is 0.396 e. The van der Waals surface area contributed by atoms with Gasteiger partial charge in [-0.2, -0.15) is 0 Å². The Morgan fingerprint density at radius 1 is 1.31 bits per heavy atom. The van der Waals surface area contributed by atoms with Crippen molar-refractivity contribution in [3.05, 3.63) is 12.2 Å². The molecular formula is C12H17NO3. The van der Waals surface area contributed by atoms with Gasteiger partial charge >= 0.3 is 0 Å². The first-order valence-corrected chi connectivity index (χ1v) is 5.79. The van der Waals surface area contributed by atoms with E-state index in [2.05, 4.69) is 0 Å². The Morgan fingerprint density at radius 3 is 2.25 bits per heavy atom. The van der Waals surface area contributed by atoms with Crippen molar-refractivity contribution in [1.29, 1.82) is 0 Å². The minimum atomic E-state index is -0.185. The van der Waals surface area contributed by atoms with E-state index in [1.165, 1.54) is 4.90 Å². The number of allylic oxidation sites excluding steroid dienone is 2. The van der Waals surface area contributed by atoms with E-state index in [0.29, 0.717) is 19.3 Å². The van der Waals surface area contributed by atoms with Crippen molar-refractivity contribution >= 4 is 11.8 Å². The number of amides is 2. The molecule has 0 radical (unpaired) electrons. The van der Waals surface area contributed by atoms with Crippen LogP contribution in [0.15, 0.2) is 12.2 Å². The molecule has 2 aliphatic rings. The molecule has 4 heteroatoms. The number of fused-ring (bicyclic) bond motifs is 1. The highest BCUT2D eigenvalue weighted by atomic mass is 16.3. The van der Waals surface area contributed by atoms with Gasteiger partial charge in [0.05, 0.1) is 11.8 Å². The molecule has 0 aromatic carbocycles. The van der Waals surface area contributed by atoms with Crippen molar-refractivity contribution in [1.82, 2.24) is 4.90 Å². The van der Waals surface area contributed by atoms with Gasteiger partial charge in [0.1, 0.15) is 0 Å². The minimum absolute atomic E-state index is 0.00576. The highest BCUT2D eigenvalue weighted by Crippen LogP contribution is 2.36. The van der Waals surface area contributed by atoms with E-state index in [9.17, 15) is 9.59 Å². The van der Waals surface area contributed by atoms with Crippen molar-refractivity contribution in [2.45, 2.75) is 32.2 Å². The third-order valence-corrected chi connectivity index (χ3v) is 3.53. The zero-order valence-electron chi connectivity index (χ0n) is 9.43. The summed E-state index contributed by atoms with van der Waals surface area (Å²) in [4.78, 5) is 25.5. The van der Waals surface area contributed by atoms with Gasteiger partial charge in [0, 0.05) is 12.6 Å². The van der Waals surface area contributed by atoms with Gasteiger partial charge in [-0.1, -0.05) is 12.2 Å². The first kappa shape index (κ1) is 11.3. The predicted octanol–water partition coefficient (Wildman–Crippen LogP) is 0.708. The van der Waals surface area contributed by atoms with Crippen LogP contribution in [0.4, 0.5) is 0 Å². The highest BCUT2D eigenvalue weighted by molar-refractivity contribution is 6.05. The number of hydrogen-bond donors (Lipinski definition) is 1. The van der Waals surface area contributed by atoms with Gasteiger partial charge in [-0.05, 0) is 26.2 Å². The molecule has 88 valence electrons. The van der Waals surface area contributed by atoms with Gasteiger partial charge in [0.25, 0.3) is 0 Å². The lowest BCUT2D eigenvalue weighted by atomic mass is 9.85. The van der Waals surface area contributed by atoms with Crippen LogP contribution in [-0.2, 0) is 9.59 Å². The summed E-state index contributed by atoms with van der Waals surface area (Å²) in [6.45, 7) is 1.82. The second kappa shape index (κ2) is 4.37. The molecule has 2 amide bonds. The molecule has 0 spiro atoms. The van der Waals surface area contributed by atoms with Gasteiger partial charge in [0.2, 0.25) is 11.8 Å². The Bertz CT molecular complexity index is 311. The second-order valence-corrected chi connectivity index (χ2v) is 4.56. The lowest BCUT2D eigenvalue weighted by molar-refractivity contribution is -0.142. The first-order valence-electron chi connectivity index (χ1n) is 5.79. The summed E-state index contributed by atoms with van der Waals surface area (Å²) in [5, 5.41) is 8.87. The number of imide groups is 1. The summed E-state index contributed by atoms with van der Waals surface area (Å²) < 4.78 is 0. The summed E-state index contributed by atoms with van der Waals surface area (Å²) in [6.07, 6.45) is 5.78. The lowest BCUT2D eigenvalue weighted by Gasteiger charge is -2.22. The number of hydrogen-bond acceptors (Lipinski definition) is 3. The normalized spacial score (nSPS) is 30.8. The van der Waals surface area contributed by atoms with E-state index in [0.717, 1.165) is 0 Å². The second-order valence-electron chi connectivity index (χ2n) is 4.56. The smallest absolute Gasteiger partial charge is 0.233 e. The van der Waals surface area contributed by atoms with Gasteiger partial charge in [0.15, 0.2) is 0 Å². The van der Waals surface area contributed by atoms with Crippen LogP contribution >= 0.6 is 0 Å². The van der Waals surface area contributed by atoms with Crippen LogP contribution in [0, 0.1) is 11.8 Å². The van der Waals surface area contributed by atoms with E-state index in [1.807, 2.05) is 19.1 Å². The van der Waals surface area contributed by atoms with E-state index in [-0.39, 0.29) is 36.3 Å². The highest BCUT2D eigenvalue weighted by Gasteiger charge is 2.48. The zero-order chi connectivity index (χ0) is 11.7. The maximum atomic E-state index is 12.1. The molecule has 1 aliphatic carbocycles. The standard InChI is InChI=1S/C12H17NO3/c1-8(6-7-14)13-11(15)9-4-2-3-5-10(9)12(13)16/h2-3,8-10,14H,4-7H2,1H3/t8?,9-,10+. The van der Waals surface area contributed by atoms with Crippen molar-refractivity contribution in [2.24, 2.45) is 11.8 Å². The van der Waals surface area contributed by atoms with Crippen LogP contribution in [0.2, 0.25) is 0 Å². The Labute approximate surface area is 94.9 Å². The maximum absolute atomic E-state index is 12.1. The van der Waals surface area contributed by atoms with E-state index < -0.39 is 0 Å². The summed E-state index contributed by atoms with van der Waals surface area (Å²) in [6, 6.07) is -0.185. The topological polar surface area (TPSA) is 57.6 Å². The number of carbonyl (C=O) groups excluding carboxylic acids is 2. The van der Waals surface area contributed by atoms with E-state index >= 15 is 0 Å². The zero-order valence-corrected chi connectivity index (χ0v) is 9.43. The lowest BCUT2D eigenvalue weighted by Crippen LogP contribution is -2.39. The van der Waals surface area contributed by atoms with Crippen LogP contribution in [0.25, 0.3) is 0 Å². The fraction of sp³-hybridized carbons (Fsp3) is 0.667. The number of aliphatic hydroxyl groups excluding tert-OH is 1. The average Bonchev–Trinajstić information content (AvgIpc) is 2.53. The number of aliphatic hydroxyl groups is 1. The average molecular weight is 223 g/mol. The fourth-order valence-corrected chi connectivity index (χ4v) is 2.58. The number of carbonyl (C=O) groups is 2. The number of likely N-dealkylation sites (tertiary alicyclic amines) is 1. The quantitative estimate of drug-likeness (QED) is 0.566. The molecule has 0 aromatic rings. The summed E-state index contributed by atoms with van der Waals surface area (Å²) in [5.74, 6) is -0.419. The van der Waals surface area contributed by atoms with E-state index in [4.69, 9.17) is 5.11 Å². The molecule has 1 aliphatic heterocycles. The van der Waals surface area contributed by atoms with Crippen molar-refractivity contribution in [3.63, 3.8) is 0 Å². The SMILES string of the molecule is CC(CCO)N1C(=O)[C@H]2CC=CC[C@H]2C1=O. The van der Waals surface area contributed by atoms with Gasteiger partial charge in [-0.3, -0.25) is 14.5 Å².